The van der Waals surface area contributed by atoms with E-state index in [-0.39, 0.29) is 0 Å². The van der Waals surface area contributed by atoms with E-state index in [1.165, 1.54) is 0 Å². The SMILES string of the molecule is CCn1ccc(CNCc2ccccc2O)n1. The molecule has 0 saturated heterocycles. The second kappa shape index (κ2) is 5.50. The molecule has 0 aliphatic heterocycles. The molecule has 4 nitrogen and oxygen atoms in total. The number of rotatable bonds is 5. The fraction of sp³-hybridized carbons (Fsp3) is 0.308. The number of phenols is 1. The van der Waals surface area contributed by atoms with E-state index in [2.05, 4.69) is 17.3 Å². The second-order valence-corrected chi connectivity index (χ2v) is 3.90. The van der Waals surface area contributed by atoms with Crippen LogP contribution < -0.4 is 5.32 Å². The van der Waals surface area contributed by atoms with Crippen LogP contribution in [0.4, 0.5) is 0 Å². The molecule has 90 valence electrons. The molecule has 0 unspecified atom stereocenters. The number of aryl methyl sites for hydroxylation is 1. The molecule has 0 spiro atoms. The van der Waals surface area contributed by atoms with Crippen LogP contribution in [0.3, 0.4) is 0 Å². The molecule has 2 rings (SSSR count). The summed E-state index contributed by atoms with van der Waals surface area (Å²) in [7, 11) is 0. The van der Waals surface area contributed by atoms with Crippen molar-refractivity contribution in [3.05, 3.63) is 47.8 Å². The van der Waals surface area contributed by atoms with Gasteiger partial charge in [0.1, 0.15) is 5.75 Å². The van der Waals surface area contributed by atoms with E-state index < -0.39 is 0 Å². The zero-order chi connectivity index (χ0) is 12.1. The molecule has 17 heavy (non-hydrogen) atoms. The van der Waals surface area contributed by atoms with E-state index in [0.29, 0.717) is 18.8 Å². The van der Waals surface area contributed by atoms with Gasteiger partial charge in [-0.1, -0.05) is 18.2 Å². The third kappa shape index (κ3) is 3.07. The number of nitrogens with zero attached hydrogens (tertiary/aromatic N) is 2. The van der Waals surface area contributed by atoms with Crippen molar-refractivity contribution in [1.82, 2.24) is 15.1 Å². The van der Waals surface area contributed by atoms with Crippen LogP contribution in [-0.4, -0.2) is 14.9 Å². The number of hydrogen-bond acceptors (Lipinski definition) is 3. The highest BCUT2D eigenvalue weighted by atomic mass is 16.3. The first-order chi connectivity index (χ1) is 8.29. The fourth-order valence-electron chi connectivity index (χ4n) is 1.66. The molecule has 2 N–H and O–H groups in total. The predicted octanol–water partition coefficient (Wildman–Crippen LogP) is 1.90. The first-order valence-corrected chi connectivity index (χ1v) is 5.79. The standard InChI is InChI=1S/C13H17N3O/c1-2-16-8-7-12(15-16)10-14-9-11-5-3-4-6-13(11)17/h3-8,14,17H,2,9-10H2,1H3. The summed E-state index contributed by atoms with van der Waals surface area (Å²) in [6.07, 6.45) is 1.97. The zero-order valence-electron chi connectivity index (χ0n) is 9.93. The van der Waals surface area contributed by atoms with E-state index in [0.717, 1.165) is 17.8 Å². The van der Waals surface area contributed by atoms with E-state index in [9.17, 15) is 5.11 Å². The average molecular weight is 231 g/mol. The maximum atomic E-state index is 9.59. The van der Waals surface area contributed by atoms with E-state index in [1.807, 2.05) is 35.1 Å². The van der Waals surface area contributed by atoms with Gasteiger partial charge in [0.15, 0.2) is 0 Å². The molecule has 1 aromatic carbocycles. The quantitative estimate of drug-likeness (QED) is 0.826. The lowest BCUT2D eigenvalue weighted by Gasteiger charge is -2.05. The Hall–Kier alpha value is -1.81. The van der Waals surface area contributed by atoms with Crippen LogP contribution in [0.25, 0.3) is 0 Å². The molecular formula is C13H17N3O. The Labute approximate surface area is 101 Å². The average Bonchev–Trinajstić information content (AvgIpc) is 2.80. The van der Waals surface area contributed by atoms with Crippen LogP contribution in [0.15, 0.2) is 36.5 Å². The van der Waals surface area contributed by atoms with Crippen molar-refractivity contribution in [2.75, 3.05) is 0 Å². The van der Waals surface area contributed by atoms with Gasteiger partial charge >= 0.3 is 0 Å². The van der Waals surface area contributed by atoms with Gasteiger partial charge in [0.25, 0.3) is 0 Å². The monoisotopic (exact) mass is 231 g/mol. The molecule has 2 aromatic rings. The molecule has 1 heterocycles. The first kappa shape index (κ1) is 11.7. The molecule has 0 saturated carbocycles. The van der Waals surface area contributed by atoms with Gasteiger partial charge in [0.2, 0.25) is 0 Å². The Balaban J connectivity index is 1.85. The number of nitrogens with one attached hydrogen (secondary N) is 1. The van der Waals surface area contributed by atoms with Gasteiger partial charge in [-0.15, -0.1) is 0 Å². The van der Waals surface area contributed by atoms with Crippen molar-refractivity contribution in [3.63, 3.8) is 0 Å². The minimum atomic E-state index is 0.332. The second-order valence-electron chi connectivity index (χ2n) is 3.90. The molecule has 0 aliphatic rings. The Bertz CT molecular complexity index is 479. The molecule has 0 aliphatic carbocycles. The molecule has 1 aromatic heterocycles. The summed E-state index contributed by atoms with van der Waals surface area (Å²) in [6, 6.07) is 9.35. The van der Waals surface area contributed by atoms with E-state index in [4.69, 9.17) is 0 Å². The largest absolute Gasteiger partial charge is 0.508 e. The molecule has 0 fully saturated rings. The minimum absolute atomic E-state index is 0.332. The summed E-state index contributed by atoms with van der Waals surface area (Å²) >= 11 is 0. The van der Waals surface area contributed by atoms with Crippen LogP contribution in [0, 0.1) is 0 Å². The molecule has 0 amide bonds. The highest BCUT2D eigenvalue weighted by Gasteiger charge is 2.00. The first-order valence-electron chi connectivity index (χ1n) is 5.79. The maximum Gasteiger partial charge on any atom is 0.120 e. The summed E-state index contributed by atoms with van der Waals surface area (Å²) in [5.41, 5.74) is 1.92. The van der Waals surface area contributed by atoms with Crippen molar-refractivity contribution in [1.29, 1.82) is 0 Å². The van der Waals surface area contributed by atoms with E-state index in [1.54, 1.807) is 6.07 Å². The van der Waals surface area contributed by atoms with Gasteiger partial charge in [-0.2, -0.15) is 5.10 Å². The number of aromatic hydroxyl groups is 1. The maximum absolute atomic E-state index is 9.59. The minimum Gasteiger partial charge on any atom is -0.508 e. The Morgan fingerprint density at radius 2 is 2.06 bits per heavy atom. The highest BCUT2D eigenvalue weighted by molar-refractivity contribution is 5.31. The third-order valence-electron chi connectivity index (χ3n) is 2.63. The molecule has 0 atom stereocenters. The van der Waals surface area contributed by atoms with Crippen LogP contribution in [0.5, 0.6) is 5.75 Å². The lowest BCUT2D eigenvalue weighted by atomic mass is 10.2. The van der Waals surface area contributed by atoms with Crippen LogP contribution in [0.2, 0.25) is 0 Å². The highest BCUT2D eigenvalue weighted by Crippen LogP contribution is 2.14. The number of para-hydroxylation sites is 1. The van der Waals surface area contributed by atoms with Crippen molar-refractivity contribution < 1.29 is 5.11 Å². The number of benzene rings is 1. The van der Waals surface area contributed by atoms with Crippen molar-refractivity contribution >= 4 is 0 Å². The Morgan fingerprint density at radius 3 is 2.76 bits per heavy atom. The summed E-state index contributed by atoms with van der Waals surface area (Å²) in [5.74, 6) is 0.332. The summed E-state index contributed by atoms with van der Waals surface area (Å²) in [6.45, 7) is 4.30. The smallest absolute Gasteiger partial charge is 0.120 e. The summed E-state index contributed by atoms with van der Waals surface area (Å²) in [4.78, 5) is 0. The Kier molecular flexibility index (Phi) is 3.77. The van der Waals surface area contributed by atoms with Gasteiger partial charge in [-0.05, 0) is 19.1 Å². The predicted molar refractivity (Wildman–Crippen MR) is 66.6 cm³/mol. The molecule has 0 bridgehead atoms. The van der Waals surface area contributed by atoms with Gasteiger partial charge in [-0.25, -0.2) is 0 Å². The van der Waals surface area contributed by atoms with Gasteiger partial charge in [-0.3, -0.25) is 4.68 Å². The fourth-order valence-corrected chi connectivity index (χ4v) is 1.66. The number of phenolic OH excluding ortho intramolecular Hbond substituents is 1. The van der Waals surface area contributed by atoms with Crippen LogP contribution in [-0.2, 0) is 19.6 Å². The Morgan fingerprint density at radius 1 is 1.24 bits per heavy atom. The van der Waals surface area contributed by atoms with E-state index >= 15 is 0 Å². The molecule has 4 heteroatoms. The van der Waals surface area contributed by atoms with Crippen LogP contribution >= 0.6 is 0 Å². The normalized spacial score (nSPS) is 10.6. The van der Waals surface area contributed by atoms with Crippen molar-refractivity contribution in [2.45, 2.75) is 26.6 Å². The number of aromatic nitrogens is 2. The number of hydrogen-bond donors (Lipinski definition) is 2. The van der Waals surface area contributed by atoms with Crippen molar-refractivity contribution in [3.8, 4) is 5.75 Å². The van der Waals surface area contributed by atoms with Gasteiger partial charge in [0, 0.05) is 31.4 Å². The zero-order valence-corrected chi connectivity index (χ0v) is 9.93. The van der Waals surface area contributed by atoms with Gasteiger partial charge in [0.05, 0.1) is 5.69 Å². The van der Waals surface area contributed by atoms with Crippen molar-refractivity contribution in [2.24, 2.45) is 0 Å². The third-order valence-corrected chi connectivity index (χ3v) is 2.63. The molecular weight excluding hydrogens is 214 g/mol. The summed E-state index contributed by atoms with van der Waals surface area (Å²) < 4.78 is 1.90. The lowest BCUT2D eigenvalue weighted by Crippen LogP contribution is -2.13. The van der Waals surface area contributed by atoms with Crippen LogP contribution in [0.1, 0.15) is 18.2 Å². The topological polar surface area (TPSA) is 50.1 Å². The lowest BCUT2D eigenvalue weighted by molar-refractivity contribution is 0.464. The van der Waals surface area contributed by atoms with Gasteiger partial charge < -0.3 is 10.4 Å². The molecule has 0 radical (unpaired) electrons. The summed E-state index contributed by atoms with van der Waals surface area (Å²) in [5, 5.41) is 17.2.